The largest absolute Gasteiger partial charge is 0.493 e. The Morgan fingerprint density at radius 1 is 0.487 bits per heavy atom. The number of aliphatic carboxylic acids is 1. The number of anilines is 4. The van der Waals surface area contributed by atoms with Gasteiger partial charge in [0, 0.05) is 48.4 Å². The standard InChI is InChI=1S/C45H51N5O6S.C44H49N5O6S/c1-29-32(13-9-16-37(29)55-26-10-11-30-20-23-49(24-21-30)28-40(51)54-5)33-18-19-39(47-41(33)43(53)56-45(2,3)4)50-25-22-31-12-8-14-34(35(31)27-50)42(52)48-44-46-36-15-6-7-17-38(36)57-44;1-28-31(12-8-15-36(28)54-25-9-10-29-19-22-48(23-20-29)27-39(50)51)32-17-18-38(46-40(32)42(53)55-44(2,3)4)49-24-21-30-11-7-13-33(34(30)26-49)41(52)47-43-45-35-14-5-6-16-37(35)56-43/h6-9,12-19,30H,10-11,20-28H2,1-5H3,(H,46,48,52);5-8,11-18,29H,9-10,19-27H2,1-4H3,(H,50,51)(H,45,47,52). The number of para-hydroxylation sites is 2. The number of nitrogens with one attached hydrogen (secondary N) is 2. The molecule has 4 aliphatic rings. The summed E-state index contributed by atoms with van der Waals surface area (Å²) in [6.07, 6.45) is 9.49. The highest BCUT2D eigenvalue weighted by molar-refractivity contribution is 7.22. The lowest BCUT2D eigenvalue weighted by Crippen LogP contribution is -2.37. The van der Waals surface area contributed by atoms with E-state index in [1.54, 1.807) is 0 Å². The topological polar surface area (TPSA) is 257 Å². The molecule has 3 N–H and O–H groups in total. The molecule has 24 heteroatoms. The fraction of sp³-hybridized carbons (Fsp3) is 0.393. The molecule has 10 aromatic rings. The van der Waals surface area contributed by atoms with E-state index in [-0.39, 0.29) is 35.7 Å². The van der Waals surface area contributed by atoms with Gasteiger partial charge in [-0.2, -0.15) is 0 Å². The number of carbonyl (C=O) groups is 6. The Hall–Kier alpha value is -10.7. The Morgan fingerprint density at radius 3 is 1.31 bits per heavy atom. The maximum atomic E-state index is 13.9. The molecule has 2 saturated heterocycles. The molecule has 0 atom stereocenters. The van der Waals surface area contributed by atoms with Crippen LogP contribution in [-0.4, -0.2) is 154 Å². The first-order chi connectivity index (χ1) is 54.4. The second-order valence-electron chi connectivity index (χ2n) is 31.5. The van der Waals surface area contributed by atoms with Crippen molar-refractivity contribution in [1.29, 1.82) is 0 Å². The molecule has 22 nitrogen and oxygen atoms in total. The van der Waals surface area contributed by atoms with Crippen LogP contribution in [0.3, 0.4) is 0 Å². The summed E-state index contributed by atoms with van der Waals surface area (Å²) >= 11 is 2.89. The number of fused-ring (bicyclic) bond motifs is 4. The van der Waals surface area contributed by atoms with Crippen LogP contribution in [0, 0.1) is 25.7 Å². The number of methoxy groups -OCH3 is 1. The van der Waals surface area contributed by atoms with E-state index in [4.69, 9.17) is 38.8 Å². The lowest BCUT2D eigenvalue weighted by Gasteiger charge is -2.31. The molecule has 0 spiro atoms. The maximum Gasteiger partial charge on any atom is 0.358 e. The molecule has 590 valence electrons. The molecule has 2 fully saturated rings. The van der Waals surface area contributed by atoms with E-state index in [1.807, 2.05) is 194 Å². The monoisotopic (exact) mass is 1560 g/mol. The maximum absolute atomic E-state index is 13.9. The van der Waals surface area contributed by atoms with Crippen LogP contribution >= 0.6 is 22.7 Å². The Morgan fingerprint density at radius 2 is 0.903 bits per heavy atom. The summed E-state index contributed by atoms with van der Waals surface area (Å²) < 4.78 is 31.3. The first kappa shape index (κ1) is 80.4. The zero-order valence-corrected chi connectivity index (χ0v) is 67.5. The number of thiazole rings is 2. The number of carboxylic acids is 1. The number of hydrogen-bond donors (Lipinski definition) is 3. The average Bonchev–Trinajstić information content (AvgIpc) is 1.32. The number of piperidine rings is 2. The number of ether oxygens (including phenoxy) is 5. The van der Waals surface area contributed by atoms with Gasteiger partial charge in [-0.1, -0.05) is 95.5 Å². The number of carboxylic acid groups (broad SMARTS) is 1. The summed E-state index contributed by atoms with van der Waals surface area (Å²) in [6.45, 7) is 22.4. The predicted molar refractivity (Wildman–Crippen MR) is 444 cm³/mol. The quantitative estimate of drug-likeness (QED) is 0.0288. The number of amides is 2. The zero-order valence-electron chi connectivity index (χ0n) is 65.9. The van der Waals surface area contributed by atoms with Crippen LogP contribution in [0.15, 0.2) is 146 Å². The Kier molecular flexibility index (Phi) is 25.6. The van der Waals surface area contributed by atoms with Gasteiger partial charge in [0.1, 0.15) is 34.3 Å². The highest BCUT2D eigenvalue weighted by atomic mass is 32.1. The van der Waals surface area contributed by atoms with Crippen molar-refractivity contribution < 1.29 is 57.6 Å². The third-order valence-electron chi connectivity index (χ3n) is 21.2. The number of aromatic nitrogens is 4. The minimum atomic E-state index is -0.772. The molecule has 8 heterocycles. The van der Waals surface area contributed by atoms with Crippen LogP contribution in [0.2, 0.25) is 0 Å². The highest BCUT2D eigenvalue weighted by Gasteiger charge is 2.32. The molecule has 0 unspecified atom stereocenters. The third kappa shape index (κ3) is 20.4. The van der Waals surface area contributed by atoms with E-state index >= 15 is 0 Å². The number of benzene rings is 6. The normalized spacial score (nSPS) is 15.0. The van der Waals surface area contributed by atoms with Gasteiger partial charge in [0.2, 0.25) is 0 Å². The molecule has 0 bridgehead atoms. The van der Waals surface area contributed by atoms with Crippen molar-refractivity contribution in [3.63, 3.8) is 0 Å². The van der Waals surface area contributed by atoms with Crippen LogP contribution in [0.4, 0.5) is 21.9 Å². The van der Waals surface area contributed by atoms with E-state index in [9.17, 15) is 28.8 Å². The van der Waals surface area contributed by atoms with Gasteiger partial charge in [0.15, 0.2) is 21.7 Å². The Bertz CT molecular complexity index is 5060. The molecule has 113 heavy (non-hydrogen) atoms. The van der Waals surface area contributed by atoms with Gasteiger partial charge in [0.25, 0.3) is 11.8 Å². The summed E-state index contributed by atoms with van der Waals surface area (Å²) in [6, 6.07) is 46.8. The van der Waals surface area contributed by atoms with Gasteiger partial charge in [-0.05, 0) is 275 Å². The van der Waals surface area contributed by atoms with Gasteiger partial charge < -0.3 is 38.6 Å². The minimum absolute atomic E-state index is 0.111. The third-order valence-corrected chi connectivity index (χ3v) is 23.1. The molecule has 6 aromatic carbocycles. The Balaban J connectivity index is 0.000000198. The molecule has 4 aliphatic heterocycles. The molecule has 0 aliphatic carbocycles. The van der Waals surface area contributed by atoms with Crippen molar-refractivity contribution >= 4 is 101 Å². The lowest BCUT2D eigenvalue weighted by molar-refractivity contribution is -0.142. The van der Waals surface area contributed by atoms with Crippen molar-refractivity contribution in [2.24, 2.45) is 11.8 Å². The fourth-order valence-electron chi connectivity index (χ4n) is 15.3. The van der Waals surface area contributed by atoms with Gasteiger partial charge in [-0.15, -0.1) is 0 Å². The molecular weight excluding hydrogens is 1470 g/mol. The van der Waals surface area contributed by atoms with E-state index in [0.29, 0.717) is 108 Å². The van der Waals surface area contributed by atoms with Crippen LogP contribution in [0.5, 0.6) is 11.5 Å². The smallest absolute Gasteiger partial charge is 0.358 e. The fourth-order valence-corrected chi connectivity index (χ4v) is 17.1. The lowest BCUT2D eigenvalue weighted by atomic mass is 9.92. The number of carbonyl (C=O) groups excluding carboxylic acids is 5. The van der Waals surface area contributed by atoms with Crippen molar-refractivity contribution in [1.82, 2.24) is 29.7 Å². The summed E-state index contributed by atoms with van der Waals surface area (Å²) in [5.74, 6) is 1.56. The highest BCUT2D eigenvalue weighted by Crippen LogP contribution is 2.40. The molecule has 4 aromatic heterocycles. The number of nitrogens with zero attached hydrogens (tertiary/aromatic N) is 8. The van der Waals surface area contributed by atoms with Crippen LogP contribution in [0.25, 0.3) is 42.7 Å². The van der Waals surface area contributed by atoms with Crippen LogP contribution in [0.1, 0.15) is 168 Å². The number of likely N-dealkylation sites (tertiary alicyclic amines) is 2. The second kappa shape index (κ2) is 36.0. The first-order valence-corrected chi connectivity index (χ1v) is 40.7. The van der Waals surface area contributed by atoms with Crippen molar-refractivity contribution in [3.8, 4) is 33.8 Å². The van der Waals surface area contributed by atoms with Crippen molar-refractivity contribution in [3.05, 3.63) is 201 Å². The Labute approximate surface area is 668 Å². The molecule has 14 rings (SSSR count). The van der Waals surface area contributed by atoms with Crippen LogP contribution in [-0.2, 0) is 49.7 Å². The number of hydrogen-bond acceptors (Lipinski definition) is 21. The molecule has 2 amide bonds. The second-order valence-corrected chi connectivity index (χ2v) is 33.6. The van der Waals surface area contributed by atoms with E-state index in [2.05, 4.69) is 47.4 Å². The van der Waals surface area contributed by atoms with Gasteiger partial charge in [-0.25, -0.2) is 29.5 Å². The summed E-state index contributed by atoms with van der Waals surface area (Å²) in [5.41, 5.74) is 10.8. The molecule has 0 saturated carbocycles. The predicted octanol–water partition coefficient (Wildman–Crippen LogP) is 16.9. The summed E-state index contributed by atoms with van der Waals surface area (Å²) in [4.78, 5) is 105. The van der Waals surface area contributed by atoms with Crippen molar-refractivity contribution in [2.75, 3.05) is 93.1 Å². The van der Waals surface area contributed by atoms with Gasteiger partial charge in [0.05, 0.1) is 53.8 Å². The summed E-state index contributed by atoms with van der Waals surface area (Å²) in [7, 11) is 1.43. The van der Waals surface area contributed by atoms with E-state index in [1.165, 1.54) is 29.8 Å². The van der Waals surface area contributed by atoms with Gasteiger partial charge in [-0.3, -0.25) is 39.6 Å². The van der Waals surface area contributed by atoms with E-state index < -0.39 is 29.1 Å². The number of rotatable bonds is 24. The average molecular weight is 1570 g/mol. The SMILES string of the molecule is COC(=O)CN1CCC(CCCOc2cccc(-c3ccc(N4CCc5cccc(C(=O)Nc6nc7ccccc7s6)c5C4)nc3C(=O)OC(C)(C)C)c2C)CC1.Cc1c(OCCCC2CCN(CC(=O)O)CC2)cccc1-c1ccc(N2CCc3cccc(C(=O)Nc4nc5ccccc5s4)c3C2)nc1C(=O)OC(C)(C)C. The summed E-state index contributed by atoms with van der Waals surface area (Å²) in [5, 5.41) is 16.2. The first-order valence-electron chi connectivity index (χ1n) is 39.1. The van der Waals surface area contributed by atoms with Crippen LogP contribution < -0.4 is 29.9 Å². The van der Waals surface area contributed by atoms with Crippen molar-refractivity contribution in [2.45, 2.75) is 144 Å². The molecule has 0 radical (unpaired) electrons. The number of esters is 3. The zero-order chi connectivity index (χ0) is 79.5. The van der Waals surface area contributed by atoms with Gasteiger partial charge >= 0.3 is 23.9 Å². The van der Waals surface area contributed by atoms with E-state index in [0.717, 1.165) is 160 Å². The minimum Gasteiger partial charge on any atom is -0.493 e. The molecular formula is C89H100N10O12S2. The number of pyridine rings is 2.